The van der Waals surface area contributed by atoms with E-state index in [4.69, 9.17) is 4.74 Å². The summed E-state index contributed by atoms with van der Waals surface area (Å²) in [6.07, 6.45) is 4.14. The monoisotopic (exact) mass is 388 g/mol. The zero-order valence-electron chi connectivity index (χ0n) is 15.1. The van der Waals surface area contributed by atoms with Crippen LogP contribution in [-0.4, -0.2) is 44.5 Å². The summed E-state index contributed by atoms with van der Waals surface area (Å²) in [5.41, 5.74) is 0. The Morgan fingerprint density at radius 1 is 1.16 bits per heavy atom. The van der Waals surface area contributed by atoms with Crippen LogP contribution in [0.4, 0.5) is 0 Å². The van der Waals surface area contributed by atoms with Gasteiger partial charge in [0, 0.05) is 25.2 Å². The van der Waals surface area contributed by atoms with Crippen molar-refractivity contribution < 1.29 is 13.2 Å². The first-order valence-corrected chi connectivity index (χ1v) is 10.3. The molecule has 7 heteroatoms. The van der Waals surface area contributed by atoms with E-state index in [2.05, 4.69) is 19.2 Å². The lowest BCUT2D eigenvalue weighted by molar-refractivity contribution is 0.251. The summed E-state index contributed by atoms with van der Waals surface area (Å²) in [6, 6.07) is 7.82. The quantitative estimate of drug-likeness (QED) is 0.813. The van der Waals surface area contributed by atoms with Crippen molar-refractivity contribution in [2.24, 2.45) is 5.92 Å². The van der Waals surface area contributed by atoms with Crippen LogP contribution >= 0.6 is 12.4 Å². The highest BCUT2D eigenvalue weighted by molar-refractivity contribution is 7.89. The Morgan fingerprint density at radius 3 is 2.24 bits per heavy atom. The minimum absolute atomic E-state index is 0. The van der Waals surface area contributed by atoms with Crippen molar-refractivity contribution >= 4 is 22.4 Å². The molecule has 0 spiro atoms. The fourth-order valence-corrected chi connectivity index (χ4v) is 5.03. The Kier molecular flexibility index (Phi) is 6.76. The van der Waals surface area contributed by atoms with Crippen LogP contribution in [0.2, 0.25) is 0 Å². The summed E-state index contributed by atoms with van der Waals surface area (Å²) in [4.78, 5) is 0.341. The summed E-state index contributed by atoms with van der Waals surface area (Å²) in [5, 5.41) is 3.56. The first-order valence-electron chi connectivity index (χ1n) is 8.83. The topological polar surface area (TPSA) is 58.6 Å². The third kappa shape index (κ3) is 4.67. The molecule has 2 unspecified atom stereocenters. The lowest BCUT2D eigenvalue weighted by atomic mass is 10.0. The summed E-state index contributed by atoms with van der Waals surface area (Å²) in [5.74, 6) is 1.15. The lowest BCUT2D eigenvalue weighted by Gasteiger charge is -2.34. The van der Waals surface area contributed by atoms with Crippen LogP contribution in [0.3, 0.4) is 0 Å². The highest BCUT2D eigenvalue weighted by atomic mass is 35.5. The molecule has 2 aliphatic rings. The standard InChI is InChI=1S/C18H28N2O3S.ClH/c1-13(2)12-23-17-6-8-18(9-7-17)24(21,22)20(3)16-10-14-4-5-15(11-16)19-14;/h6-9,13-16,19H,4-5,10-12H2,1-3H3;1H. The summed E-state index contributed by atoms with van der Waals surface area (Å²) < 4.78 is 33.0. The molecule has 2 atom stereocenters. The maximum atomic E-state index is 12.9. The van der Waals surface area contributed by atoms with Crippen molar-refractivity contribution in [1.29, 1.82) is 0 Å². The number of ether oxygens (including phenoxy) is 1. The molecule has 0 saturated carbocycles. The molecule has 2 heterocycles. The number of nitrogens with one attached hydrogen (secondary N) is 1. The van der Waals surface area contributed by atoms with E-state index in [1.54, 1.807) is 35.6 Å². The highest BCUT2D eigenvalue weighted by Crippen LogP contribution is 2.32. The van der Waals surface area contributed by atoms with Gasteiger partial charge in [-0.25, -0.2) is 8.42 Å². The minimum Gasteiger partial charge on any atom is -0.493 e. The van der Waals surface area contributed by atoms with Crippen LogP contribution in [0, 0.1) is 5.92 Å². The number of benzene rings is 1. The number of sulfonamides is 1. The van der Waals surface area contributed by atoms with E-state index in [1.165, 1.54) is 0 Å². The summed E-state index contributed by atoms with van der Waals surface area (Å²) >= 11 is 0. The number of nitrogens with zero attached hydrogens (tertiary/aromatic N) is 1. The fourth-order valence-electron chi connectivity index (χ4n) is 3.66. The molecule has 0 aliphatic carbocycles. The van der Waals surface area contributed by atoms with Gasteiger partial charge in [0.05, 0.1) is 11.5 Å². The molecular formula is C18H29ClN2O3S. The molecule has 2 aliphatic heterocycles. The van der Waals surface area contributed by atoms with Gasteiger partial charge >= 0.3 is 0 Å². The molecule has 2 bridgehead atoms. The SMILES string of the molecule is CC(C)COc1ccc(S(=O)(=O)N(C)C2CC3CCC(C2)N3)cc1.Cl. The number of rotatable bonds is 6. The summed E-state index contributed by atoms with van der Waals surface area (Å²) in [7, 11) is -1.74. The lowest BCUT2D eigenvalue weighted by Crippen LogP contribution is -2.48. The third-order valence-corrected chi connectivity index (χ3v) is 6.97. The van der Waals surface area contributed by atoms with Gasteiger partial charge in [-0.15, -0.1) is 12.4 Å². The van der Waals surface area contributed by atoms with Gasteiger partial charge in [0.25, 0.3) is 0 Å². The third-order valence-electron chi connectivity index (χ3n) is 5.05. The van der Waals surface area contributed by atoms with Crippen molar-refractivity contribution in [3.8, 4) is 5.75 Å². The molecule has 1 aromatic rings. The van der Waals surface area contributed by atoms with Gasteiger partial charge in [-0.2, -0.15) is 4.31 Å². The van der Waals surface area contributed by atoms with E-state index in [-0.39, 0.29) is 18.4 Å². The second-order valence-electron chi connectivity index (χ2n) is 7.46. The smallest absolute Gasteiger partial charge is 0.243 e. The molecular weight excluding hydrogens is 360 g/mol. The van der Waals surface area contributed by atoms with Crippen LogP contribution in [0.5, 0.6) is 5.75 Å². The minimum atomic E-state index is -3.46. The molecule has 2 fully saturated rings. The number of halogens is 1. The molecule has 0 radical (unpaired) electrons. The van der Waals surface area contributed by atoms with Crippen LogP contribution in [0.25, 0.3) is 0 Å². The van der Waals surface area contributed by atoms with Gasteiger partial charge in [-0.3, -0.25) is 0 Å². The second-order valence-corrected chi connectivity index (χ2v) is 9.46. The zero-order valence-corrected chi connectivity index (χ0v) is 16.8. The Labute approximate surface area is 157 Å². The van der Waals surface area contributed by atoms with E-state index in [9.17, 15) is 8.42 Å². The van der Waals surface area contributed by atoms with Crippen molar-refractivity contribution in [2.75, 3.05) is 13.7 Å². The van der Waals surface area contributed by atoms with Crippen LogP contribution in [0.15, 0.2) is 29.2 Å². The number of hydrogen-bond acceptors (Lipinski definition) is 4. The van der Waals surface area contributed by atoms with E-state index >= 15 is 0 Å². The highest BCUT2D eigenvalue weighted by Gasteiger charge is 2.38. The van der Waals surface area contributed by atoms with Crippen LogP contribution in [-0.2, 0) is 10.0 Å². The molecule has 0 amide bonds. The number of piperidine rings is 1. The second kappa shape index (κ2) is 8.25. The van der Waals surface area contributed by atoms with Gasteiger partial charge < -0.3 is 10.1 Å². The maximum absolute atomic E-state index is 12.9. The van der Waals surface area contributed by atoms with Crippen molar-refractivity contribution in [3.05, 3.63) is 24.3 Å². The Balaban J connectivity index is 0.00000225. The van der Waals surface area contributed by atoms with Gasteiger partial charge in [-0.05, 0) is 55.9 Å². The molecule has 1 N–H and O–H groups in total. The van der Waals surface area contributed by atoms with E-state index < -0.39 is 10.0 Å². The zero-order chi connectivity index (χ0) is 17.3. The van der Waals surface area contributed by atoms with Crippen molar-refractivity contribution in [2.45, 2.75) is 62.6 Å². The average Bonchev–Trinajstić information content (AvgIpc) is 2.90. The van der Waals surface area contributed by atoms with E-state index in [0.29, 0.717) is 35.3 Å². The van der Waals surface area contributed by atoms with Crippen LogP contribution in [0.1, 0.15) is 39.5 Å². The first-order chi connectivity index (χ1) is 11.4. The molecule has 3 rings (SSSR count). The largest absolute Gasteiger partial charge is 0.493 e. The molecule has 0 aromatic heterocycles. The number of hydrogen-bond donors (Lipinski definition) is 1. The van der Waals surface area contributed by atoms with E-state index in [1.807, 2.05) is 0 Å². The average molecular weight is 389 g/mol. The fraction of sp³-hybridized carbons (Fsp3) is 0.667. The van der Waals surface area contributed by atoms with Crippen molar-refractivity contribution in [3.63, 3.8) is 0 Å². The number of fused-ring (bicyclic) bond motifs is 2. The van der Waals surface area contributed by atoms with Gasteiger partial charge in [0.15, 0.2) is 0 Å². The molecule has 142 valence electrons. The van der Waals surface area contributed by atoms with Crippen molar-refractivity contribution in [1.82, 2.24) is 9.62 Å². The maximum Gasteiger partial charge on any atom is 0.243 e. The van der Waals surface area contributed by atoms with Gasteiger partial charge in [0.2, 0.25) is 10.0 Å². The van der Waals surface area contributed by atoms with Gasteiger partial charge in [0.1, 0.15) is 5.75 Å². The van der Waals surface area contributed by atoms with E-state index in [0.717, 1.165) is 25.7 Å². The predicted octanol–water partition coefficient (Wildman–Crippen LogP) is 3.05. The molecule has 25 heavy (non-hydrogen) atoms. The Bertz CT molecular complexity index is 651. The van der Waals surface area contributed by atoms with Crippen LogP contribution < -0.4 is 10.1 Å². The predicted molar refractivity (Wildman–Crippen MR) is 102 cm³/mol. The van der Waals surface area contributed by atoms with Gasteiger partial charge in [-0.1, -0.05) is 13.8 Å². The molecule has 2 saturated heterocycles. The molecule has 1 aromatic carbocycles. The summed E-state index contributed by atoms with van der Waals surface area (Å²) in [6.45, 7) is 4.80. The first kappa shape index (κ1) is 20.5. The Morgan fingerprint density at radius 2 is 1.72 bits per heavy atom. The Hall–Kier alpha value is -0.820. The normalized spacial score (nSPS) is 25.9. The molecule has 5 nitrogen and oxygen atoms in total.